The van der Waals surface area contributed by atoms with Crippen LogP contribution in [0.5, 0.6) is 0 Å². The molecule has 0 saturated carbocycles. The Morgan fingerprint density at radius 1 is 1.44 bits per heavy atom. The lowest BCUT2D eigenvalue weighted by molar-refractivity contribution is 0.249. The van der Waals surface area contributed by atoms with E-state index in [2.05, 4.69) is 27.6 Å². The second-order valence-corrected chi connectivity index (χ2v) is 4.47. The quantitative estimate of drug-likeness (QED) is 0.628. The molecule has 2 amide bonds. The largest absolute Gasteiger partial charge is 0.372 e. The van der Waals surface area contributed by atoms with Crippen LogP contribution < -0.4 is 16.1 Å². The number of carbonyl (C=O) groups is 1. The molecular weight excluding hydrogens is 228 g/mol. The average Bonchev–Trinajstić information content (AvgIpc) is 2.84. The number of benzene rings is 1. The van der Waals surface area contributed by atoms with Crippen LogP contribution in [0, 0.1) is 6.92 Å². The predicted molar refractivity (Wildman–Crippen MR) is 72.9 cm³/mol. The molecule has 18 heavy (non-hydrogen) atoms. The summed E-state index contributed by atoms with van der Waals surface area (Å²) in [6, 6.07) is 5.59. The van der Waals surface area contributed by atoms with E-state index in [1.165, 1.54) is 18.5 Å². The first-order valence-corrected chi connectivity index (χ1v) is 6.11. The van der Waals surface area contributed by atoms with E-state index < -0.39 is 6.03 Å². The van der Waals surface area contributed by atoms with Crippen LogP contribution in [0.1, 0.15) is 24.0 Å². The Morgan fingerprint density at radius 3 is 2.78 bits per heavy atom. The van der Waals surface area contributed by atoms with Crippen molar-refractivity contribution < 1.29 is 4.79 Å². The first-order valence-electron chi connectivity index (χ1n) is 6.11. The van der Waals surface area contributed by atoms with Crippen LogP contribution in [-0.2, 0) is 0 Å². The van der Waals surface area contributed by atoms with Crippen molar-refractivity contribution in [2.75, 3.05) is 18.0 Å². The summed E-state index contributed by atoms with van der Waals surface area (Å²) in [5.74, 6) is 0. The molecule has 1 aliphatic heterocycles. The van der Waals surface area contributed by atoms with Gasteiger partial charge in [-0.05, 0) is 43.0 Å². The van der Waals surface area contributed by atoms with E-state index in [9.17, 15) is 4.79 Å². The van der Waals surface area contributed by atoms with Gasteiger partial charge in [-0.3, -0.25) is 0 Å². The summed E-state index contributed by atoms with van der Waals surface area (Å²) < 4.78 is 0. The number of nitrogens with one attached hydrogen (secondary N) is 1. The van der Waals surface area contributed by atoms with Crippen LogP contribution in [0.4, 0.5) is 10.5 Å². The van der Waals surface area contributed by atoms with Gasteiger partial charge in [0.25, 0.3) is 0 Å². The number of rotatable bonds is 3. The summed E-state index contributed by atoms with van der Waals surface area (Å²) in [6.45, 7) is 4.30. The number of anilines is 1. The van der Waals surface area contributed by atoms with Gasteiger partial charge in [-0.1, -0.05) is 6.07 Å². The van der Waals surface area contributed by atoms with Gasteiger partial charge in [-0.15, -0.1) is 0 Å². The van der Waals surface area contributed by atoms with E-state index in [0.29, 0.717) is 0 Å². The van der Waals surface area contributed by atoms with Gasteiger partial charge in [0.2, 0.25) is 0 Å². The Labute approximate surface area is 107 Å². The number of hydrogen-bond donors (Lipinski definition) is 2. The number of urea groups is 1. The zero-order chi connectivity index (χ0) is 13.0. The minimum absolute atomic E-state index is 0.655. The Bertz CT molecular complexity index is 464. The molecule has 1 aliphatic rings. The lowest BCUT2D eigenvalue weighted by atomic mass is 10.1. The molecule has 0 spiro atoms. The molecule has 5 nitrogen and oxygen atoms in total. The van der Waals surface area contributed by atoms with Crippen molar-refractivity contribution >= 4 is 17.9 Å². The predicted octanol–water partition coefficient (Wildman–Crippen LogP) is 1.60. The standard InChI is InChI=1S/C13H18N4O/c1-10-8-12(17-6-2-3-7-17)5-4-11(10)9-15-16-13(14)18/h4-5,8-9H,2-3,6-7H2,1H3,(H3,14,16,18)/b15-9+. The number of primary amides is 1. The van der Waals surface area contributed by atoms with E-state index >= 15 is 0 Å². The molecule has 0 bridgehead atoms. The van der Waals surface area contributed by atoms with Crippen molar-refractivity contribution in [3.63, 3.8) is 0 Å². The Balaban J connectivity index is 2.09. The van der Waals surface area contributed by atoms with E-state index in [1.807, 2.05) is 13.0 Å². The van der Waals surface area contributed by atoms with Gasteiger partial charge >= 0.3 is 6.03 Å². The van der Waals surface area contributed by atoms with Crippen LogP contribution >= 0.6 is 0 Å². The van der Waals surface area contributed by atoms with Crippen molar-refractivity contribution in [3.8, 4) is 0 Å². The highest BCUT2D eigenvalue weighted by molar-refractivity contribution is 5.84. The van der Waals surface area contributed by atoms with Crippen LogP contribution in [-0.4, -0.2) is 25.3 Å². The Hall–Kier alpha value is -2.04. The average molecular weight is 246 g/mol. The fourth-order valence-electron chi connectivity index (χ4n) is 2.14. The third kappa shape index (κ3) is 3.00. The molecule has 0 unspecified atom stereocenters. The molecule has 0 radical (unpaired) electrons. The van der Waals surface area contributed by atoms with Crippen LogP contribution in [0.15, 0.2) is 23.3 Å². The lowest BCUT2D eigenvalue weighted by Gasteiger charge is -2.18. The highest BCUT2D eigenvalue weighted by Crippen LogP contribution is 2.22. The number of hydrazone groups is 1. The van der Waals surface area contributed by atoms with Gasteiger partial charge in [0.05, 0.1) is 6.21 Å². The number of nitrogens with zero attached hydrogens (tertiary/aromatic N) is 2. The normalized spacial score (nSPS) is 15.3. The van der Waals surface area contributed by atoms with Crippen molar-refractivity contribution in [2.45, 2.75) is 19.8 Å². The van der Waals surface area contributed by atoms with Gasteiger partial charge in [0.15, 0.2) is 0 Å². The molecule has 3 N–H and O–H groups in total. The molecular formula is C13H18N4O. The molecule has 0 aromatic heterocycles. The zero-order valence-corrected chi connectivity index (χ0v) is 10.5. The first-order chi connectivity index (χ1) is 8.66. The summed E-state index contributed by atoms with van der Waals surface area (Å²) in [4.78, 5) is 12.9. The number of carbonyl (C=O) groups excluding carboxylic acids is 1. The SMILES string of the molecule is Cc1cc(N2CCCC2)ccc1/C=N/NC(N)=O. The molecule has 96 valence electrons. The fraction of sp³-hybridized carbons (Fsp3) is 0.385. The van der Waals surface area contributed by atoms with E-state index in [0.717, 1.165) is 24.2 Å². The third-order valence-electron chi connectivity index (χ3n) is 3.10. The second kappa shape index (κ2) is 5.53. The van der Waals surface area contributed by atoms with Crippen LogP contribution in [0.2, 0.25) is 0 Å². The van der Waals surface area contributed by atoms with Gasteiger partial charge in [0, 0.05) is 18.8 Å². The molecule has 1 aromatic carbocycles. The second-order valence-electron chi connectivity index (χ2n) is 4.47. The number of aryl methyl sites for hydroxylation is 1. The maximum Gasteiger partial charge on any atom is 0.332 e. The van der Waals surface area contributed by atoms with Crippen molar-refractivity contribution in [1.29, 1.82) is 0 Å². The molecule has 0 atom stereocenters. The monoisotopic (exact) mass is 246 g/mol. The molecule has 1 fully saturated rings. The maximum absolute atomic E-state index is 10.5. The van der Waals surface area contributed by atoms with Crippen LogP contribution in [0.3, 0.4) is 0 Å². The smallest absolute Gasteiger partial charge is 0.332 e. The van der Waals surface area contributed by atoms with E-state index in [4.69, 9.17) is 5.73 Å². The first kappa shape index (κ1) is 12.4. The lowest BCUT2D eigenvalue weighted by Crippen LogP contribution is -2.24. The van der Waals surface area contributed by atoms with Crippen molar-refractivity contribution in [1.82, 2.24) is 5.43 Å². The van der Waals surface area contributed by atoms with E-state index in [-0.39, 0.29) is 0 Å². The summed E-state index contributed by atoms with van der Waals surface area (Å²) in [7, 11) is 0. The fourth-order valence-corrected chi connectivity index (χ4v) is 2.14. The van der Waals surface area contributed by atoms with Crippen molar-refractivity contribution in [3.05, 3.63) is 29.3 Å². The number of amides is 2. The number of nitrogens with two attached hydrogens (primary N) is 1. The van der Waals surface area contributed by atoms with Gasteiger partial charge in [-0.2, -0.15) is 5.10 Å². The molecule has 1 aromatic rings. The summed E-state index contributed by atoms with van der Waals surface area (Å²) in [5, 5.41) is 3.77. The molecule has 1 heterocycles. The summed E-state index contributed by atoms with van der Waals surface area (Å²) >= 11 is 0. The Morgan fingerprint density at radius 2 is 2.17 bits per heavy atom. The molecule has 0 aliphatic carbocycles. The molecule has 1 saturated heterocycles. The van der Waals surface area contributed by atoms with Crippen molar-refractivity contribution in [2.24, 2.45) is 10.8 Å². The minimum atomic E-state index is -0.655. The maximum atomic E-state index is 10.5. The molecule has 2 rings (SSSR count). The van der Waals surface area contributed by atoms with Gasteiger partial charge in [-0.25, -0.2) is 10.2 Å². The highest BCUT2D eigenvalue weighted by atomic mass is 16.2. The molecule has 5 heteroatoms. The van der Waals surface area contributed by atoms with Crippen LogP contribution in [0.25, 0.3) is 0 Å². The highest BCUT2D eigenvalue weighted by Gasteiger charge is 2.12. The summed E-state index contributed by atoms with van der Waals surface area (Å²) in [6.07, 6.45) is 4.14. The zero-order valence-electron chi connectivity index (χ0n) is 10.5. The third-order valence-corrected chi connectivity index (χ3v) is 3.10. The topological polar surface area (TPSA) is 70.7 Å². The summed E-state index contributed by atoms with van der Waals surface area (Å²) in [5.41, 5.74) is 10.5. The van der Waals surface area contributed by atoms with E-state index in [1.54, 1.807) is 6.21 Å². The minimum Gasteiger partial charge on any atom is -0.372 e. The Kier molecular flexibility index (Phi) is 3.82. The van der Waals surface area contributed by atoms with Gasteiger partial charge in [0.1, 0.15) is 0 Å². The number of hydrogen-bond acceptors (Lipinski definition) is 3. The van der Waals surface area contributed by atoms with Gasteiger partial charge < -0.3 is 10.6 Å².